The Bertz CT molecular complexity index is 4740. The standard InChI is InChI=1S/C20H35N2O.C18H31N3O2S.C18H25N3O2.C16H22N5.C14H20N2O/c1-7-14-21(3,4)20(22(5,6)15-8-2)13-12-17-10-9-11-19(23)18(17)16-20;1-14-16(10-11-20(2,3)4)17-12-15(8-9-18(17)19-14)13-24(22,23)21(5,6)7;1-18(12-23-17(22)20-18)10-13-5-6-16-15(9-13)14(11-19-16)7-8-21(2,3)4;1-21(2,3)7-6-14-9-18-16-5-4-13(8-15(14)16)10-20-12-17-11-19-20;1-10-12(7-8-16(2,3)4)13-9-11(17)5-6-14(13)15-10/h9-11H,7-8,12-16H2,1-6H3;8-9,12,19H,10-11,13H2,1-7H3;5-6,9,11,19H,7-8,10,12H2,1-4H3;4-5,8-9,11-12,18H,6-7,10H2,1-3H3;5-6,9,15H,7-8H2,1-4H3/q+1;+2;;+1;/p+3. The lowest BCUT2D eigenvalue weighted by molar-refractivity contribution is -1.14. The van der Waals surface area contributed by atoms with Gasteiger partial charge in [-0.05, 0) is 152 Å². The average Bonchev–Trinajstić information content (AvgIpc) is 1.70. The first kappa shape index (κ1) is 85.5. The van der Waals surface area contributed by atoms with Crippen molar-refractivity contribution in [3.8, 4) is 11.5 Å². The number of aromatic nitrogens is 7. The monoisotopic (exact) mass is 1510 g/mol. The number of carbonyl (C=O) groups is 1. The van der Waals surface area contributed by atoms with Crippen LogP contribution in [0.15, 0.2) is 116 Å². The Hall–Kier alpha value is -8.06. The zero-order valence-electron chi connectivity index (χ0n) is 70.3. The molecule has 0 spiro atoms. The van der Waals surface area contributed by atoms with Crippen LogP contribution >= 0.6 is 0 Å². The number of cyclic esters (lactones) is 1. The number of hydrogen-bond donors (Lipinski definition) is 7. The van der Waals surface area contributed by atoms with Gasteiger partial charge in [-0.3, -0.25) is 8.97 Å². The average molecular weight is 1510 g/mol. The van der Waals surface area contributed by atoms with Crippen LogP contribution in [0.5, 0.6) is 11.5 Å². The Morgan fingerprint density at radius 2 is 1.04 bits per heavy atom. The summed E-state index contributed by atoms with van der Waals surface area (Å²) >= 11 is 0. The number of phenols is 2. The highest BCUT2D eigenvalue weighted by Gasteiger charge is 2.58. The first-order valence-electron chi connectivity index (χ1n) is 38.7. The number of hydrogen-bond acceptors (Lipinski definition) is 8. The number of alkyl carbamates (subject to hydrolysis) is 1. The molecule has 1 amide bonds. The Balaban J connectivity index is 0.000000171. The molecule has 108 heavy (non-hydrogen) atoms. The maximum Gasteiger partial charge on any atom is 0.407 e. The molecule has 5 aromatic carbocycles. The van der Waals surface area contributed by atoms with Gasteiger partial charge in [0.05, 0.1) is 198 Å². The second-order valence-corrected chi connectivity index (χ2v) is 39.6. The van der Waals surface area contributed by atoms with E-state index < -0.39 is 10.0 Å². The summed E-state index contributed by atoms with van der Waals surface area (Å²) in [6, 6.07) is 30.5. The summed E-state index contributed by atoms with van der Waals surface area (Å²) in [7, 11) is 37.9. The topological polar surface area (TPSA) is 207 Å². The third-order valence-electron chi connectivity index (χ3n) is 22.0. The van der Waals surface area contributed by atoms with Crippen molar-refractivity contribution < 1.29 is 58.9 Å². The third-order valence-corrected chi connectivity index (χ3v) is 24.3. The number of aromatic hydroxyl groups is 2. The van der Waals surface area contributed by atoms with Crippen LogP contribution in [0.2, 0.25) is 0 Å². The van der Waals surface area contributed by atoms with Crippen molar-refractivity contribution in [1.82, 2.24) is 40.0 Å². The highest BCUT2D eigenvalue weighted by molar-refractivity contribution is 7.85. The van der Waals surface area contributed by atoms with Crippen LogP contribution in [0.25, 0.3) is 43.6 Å². The minimum Gasteiger partial charge on any atom is -0.508 e. The van der Waals surface area contributed by atoms with Crippen LogP contribution in [0.1, 0.15) is 101 Å². The quantitative estimate of drug-likeness (QED) is 0.0216. The number of aryl methyl sites for hydroxylation is 3. The first-order chi connectivity index (χ1) is 50.1. The van der Waals surface area contributed by atoms with E-state index in [4.69, 9.17) is 4.74 Å². The number of aromatic amines is 4. The van der Waals surface area contributed by atoms with Gasteiger partial charge in [-0.15, -0.1) is 0 Å². The maximum atomic E-state index is 12.5. The Morgan fingerprint density at radius 1 is 0.565 bits per heavy atom. The van der Waals surface area contributed by atoms with Crippen LogP contribution in [0.4, 0.5) is 4.79 Å². The van der Waals surface area contributed by atoms with E-state index in [1.54, 1.807) is 39.9 Å². The predicted molar refractivity (Wildman–Crippen MR) is 445 cm³/mol. The lowest BCUT2D eigenvalue weighted by atomic mass is 9.78. The molecule has 0 saturated carbocycles. The lowest BCUT2D eigenvalue weighted by Crippen LogP contribution is -2.76. The summed E-state index contributed by atoms with van der Waals surface area (Å²) in [5.41, 5.74) is 17.9. The van der Waals surface area contributed by atoms with Crippen LogP contribution in [-0.2, 0) is 72.0 Å². The number of quaternary nitrogens is 7. The molecule has 1 aliphatic heterocycles. The van der Waals surface area contributed by atoms with Crippen molar-refractivity contribution in [2.75, 3.05) is 180 Å². The summed E-state index contributed by atoms with van der Waals surface area (Å²) in [6.07, 6.45) is 17.8. The number of ether oxygens (including phenoxy) is 1. The van der Waals surface area contributed by atoms with E-state index in [0.717, 1.165) is 132 Å². The van der Waals surface area contributed by atoms with Gasteiger partial charge in [-0.25, -0.2) is 18.3 Å². The van der Waals surface area contributed by atoms with Gasteiger partial charge in [0, 0.05) is 98.6 Å². The van der Waals surface area contributed by atoms with Gasteiger partial charge in [0.2, 0.25) is 5.66 Å². The molecular weight excluding hydrogens is 1370 g/mol. The fourth-order valence-corrected chi connectivity index (χ4v) is 16.5. The molecule has 6 heterocycles. The molecule has 590 valence electrons. The smallest absolute Gasteiger partial charge is 0.407 e. The van der Waals surface area contributed by atoms with Crippen LogP contribution in [0.3, 0.4) is 0 Å². The normalized spacial score (nSPS) is 15.7. The first-order valence-corrected chi connectivity index (χ1v) is 40.3. The molecule has 0 radical (unpaired) electrons. The summed E-state index contributed by atoms with van der Waals surface area (Å²) in [5, 5.41) is 32.0. The van der Waals surface area contributed by atoms with Gasteiger partial charge in [-0.2, -0.15) is 13.5 Å². The van der Waals surface area contributed by atoms with Crippen molar-refractivity contribution in [3.63, 3.8) is 0 Å². The van der Waals surface area contributed by atoms with Crippen LogP contribution in [-0.4, -0.2) is 281 Å². The van der Waals surface area contributed by atoms with Crippen molar-refractivity contribution in [2.45, 2.75) is 122 Å². The lowest BCUT2D eigenvalue weighted by Gasteiger charge is -2.58. The highest BCUT2D eigenvalue weighted by Crippen LogP contribution is 2.44. The number of rotatable bonds is 25. The van der Waals surface area contributed by atoms with Crippen molar-refractivity contribution in [1.29, 1.82) is 0 Å². The summed E-state index contributed by atoms with van der Waals surface area (Å²) in [6.45, 7) is 18.7. The predicted octanol–water partition coefficient (Wildman–Crippen LogP) is 12.8. The number of sulfonamides is 1. The Labute approximate surface area is 646 Å². The summed E-state index contributed by atoms with van der Waals surface area (Å²) in [5.74, 6) is 0.883. The second-order valence-electron chi connectivity index (χ2n) is 37.0. The largest absolute Gasteiger partial charge is 0.508 e. The molecule has 0 bridgehead atoms. The van der Waals surface area contributed by atoms with E-state index in [9.17, 15) is 23.4 Å². The van der Waals surface area contributed by atoms with Crippen molar-refractivity contribution >= 4 is 59.7 Å². The molecule has 1 atom stereocenters. The molecule has 7 N–H and O–H groups in total. The highest BCUT2D eigenvalue weighted by atomic mass is 32.2. The molecular formula is C86H136N15O6S+7. The number of nitrogens with zero attached hydrogens (tertiary/aromatic N) is 10. The summed E-state index contributed by atoms with van der Waals surface area (Å²) < 4.78 is 37.6. The number of fused-ring (bicyclic) bond motifs is 5. The second kappa shape index (κ2) is 34.1. The fraction of sp³-hybridized carbons (Fsp3) is 0.523. The molecule has 1 fully saturated rings. The van der Waals surface area contributed by atoms with Gasteiger partial charge in [0.15, 0.2) is 0 Å². The third kappa shape index (κ3) is 22.6. The number of benzene rings is 5. The maximum absolute atomic E-state index is 12.5. The van der Waals surface area contributed by atoms with Gasteiger partial charge in [0.25, 0.3) is 0 Å². The van der Waals surface area contributed by atoms with E-state index in [1.807, 2.05) is 54.1 Å². The van der Waals surface area contributed by atoms with E-state index in [1.165, 1.54) is 110 Å². The fourth-order valence-electron chi connectivity index (χ4n) is 15.5. The van der Waals surface area contributed by atoms with E-state index in [0.29, 0.717) is 18.1 Å². The number of H-pyrrole nitrogens is 4. The van der Waals surface area contributed by atoms with Crippen molar-refractivity contribution in [3.05, 3.63) is 178 Å². The zero-order chi connectivity index (χ0) is 79.8. The minimum atomic E-state index is -3.24. The minimum absolute atomic E-state index is 0.0610. The molecule has 2 aliphatic rings. The number of amides is 1. The number of likely N-dealkylation sites (N-methyl/N-ethyl adjacent to an activating group) is 6. The molecule has 22 heteroatoms. The number of nitrogens with one attached hydrogen (secondary N) is 5. The van der Waals surface area contributed by atoms with Gasteiger partial charge in [-0.1, -0.05) is 44.2 Å². The van der Waals surface area contributed by atoms with Crippen LogP contribution < -0.4 is 5.32 Å². The SMILES string of the molecule is CC1(Cc2ccc3[nH]cc(CC[N+](C)(C)C)c3c2)COC(=O)N1.CCC[N+](C)(C)C1([N+](C)(C)CCC)CCc2cccc(O)c2C1.C[N+](C)(C)CCc1c[nH]c2ccc(Cn3cncn3)cc12.Cc1[nH]c2ccc(CS(=O)(=O)[N+](C)(C)C)cc2c1CC[N+](C)(C)C.Cc1[nH]c2ccc(O)cc2c1CC[N+](C)(C)C. The van der Waals surface area contributed by atoms with Crippen LogP contribution in [0, 0.1) is 13.8 Å². The van der Waals surface area contributed by atoms with E-state index in [2.05, 4.69) is 231 Å². The van der Waals surface area contributed by atoms with E-state index >= 15 is 0 Å². The molecule has 5 aromatic heterocycles. The summed E-state index contributed by atoms with van der Waals surface area (Å²) in [4.78, 5) is 28.8. The Kier molecular flexibility index (Phi) is 27.0. The number of phenolic OH excluding ortho intramolecular Hbond substituents is 2. The molecule has 1 saturated heterocycles. The van der Waals surface area contributed by atoms with Gasteiger partial charge >= 0.3 is 16.1 Å². The Morgan fingerprint density at radius 3 is 1.52 bits per heavy atom. The molecule has 21 nitrogen and oxygen atoms in total. The van der Waals surface area contributed by atoms with E-state index in [-0.39, 0.29) is 26.9 Å². The zero-order valence-corrected chi connectivity index (χ0v) is 71.1. The molecule has 1 aliphatic carbocycles. The molecule has 1 unspecified atom stereocenters. The molecule has 12 rings (SSSR count). The van der Waals surface area contributed by atoms with Crippen molar-refractivity contribution in [2.24, 2.45) is 0 Å². The molecule has 10 aromatic rings. The van der Waals surface area contributed by atoms with Gasteiger partial charge in [0.1, 0.15) is 36.5 Å². The van der Waals surface area contributed by atoms with Gasteiger partial charge < -0.3 is 58.1 Å². The number of carbonyl (C=O) groups excluding carboxylic acids is 1.